The Morgan fingerprint density at radius 3 is 2.74 bits per heavy atom. The first-order valence-corrected chi connectivity index (χ1v) is 6.89. The SMILES string of the molecule is CN(CCN1CCCC1)C(=O)c1c(F)cccc1Cl. The van der Waals surface area contributed by atoms with E-state index < -0.39 is 5.82 Å². The molecule has 1 saturated heterocycles. The molecule has 1 amide bonds. The maximum Gasteiger partial charge on any atom is 0.258 e. The van der Waals surface area contributed by atoms with Crippen molar-refractivity contribution in [3.05, 3.63) is 34.6 Å². The van der Waals surface area contributed by atoms with Crippen molar-refractivity contribution in [1.29, 1.82) is 0 Å². The molecule has 0 atom stereocenters. The van der Waals surface area contributed by atoms with Crippen LogP contribution < -0.4 is 0 Å². The highest BCUT2D eigenvalue weighted by molar-refractivity contribution is 6.33. The van der Waals surface area contributed by atoms with E-state index in [4.69, 9.17) is 11.6 Å². The molecule has 0 bridgehead atoms. The molecule has 1 fully saturated rings. The highest BCUT2D eigenvalue weighted by Crippen LogP contribution is 2.20. The topological polar surface area (TPSA) is 23.6 Å². The number of hydrogen-bond donors (Lipinski definition) is 0. The average molecular weight is 285 g/mol. The lowest BCUT2D eigenvalue weighted by molar-refractivity contribution is 0.0778. The van der Waals surface area contributed by atoms with Crippen LogP contribution in [0.15, 0.2) is 18.2 Å². The van der Waals surface area contributed by atoms with E-state index in [2.05, 4.69) is 4.90 Å². The van der Waals surface area contributed by atoms with Gasteiger partial charge in [0.05, 0.1) is 10.6 Å². The van der Waals surface area contributed by atoms with Crippen LogP contribution in [-0.4, -0.2) is 48.9 Å². The Bertz CT molecular complexity index is 441. The number of halogens is 2. The third-order valence-corrected chi connectivity index (χ3v) is 3.79. The number of likely N-dealkylation sites (tertiary alicyclic amines) is 1. The molecule has 19 heavy (non-hydrogen) atoms. The number of rotatable bonds is 4. The van der Waals surface area contributed by atoms with Gasteiger partial charge >= 0.3 is 0 Å². The summed E-state index contributed by atoms with van der Waals surface area (Å²) in [5, 5.41) is 0.165. The molecule has 0 saturated carbocycles. The molecule has 0 aliphatic carbocycles. The van der Waals surface area contributed by atoms with Crippen molar-refractivity contribution in [1.82, 2.24) is 9.80 Å². The van der Waals surface area contributed by atoms with Gasteiger partial charge in [0.15, 0.2) is 0 Å². The first-order chi connectivity index (χ1) is 9.09. The minimum absolute atomic E-state index is 0.0342. The quantitative estimate of drug-likeness (QED) is 0.849. The number of carbonyl (C=O) groups is 1. The Morgan fingerprint density at radius 2 is 2.11 bits per heavy atom. The van der Waals surface area contributed by atoms with Crippen molar-refractivity contribution in [2.45, 2.75) is 12.8 Å². The fourth-order valence-electron chi connectivity index (χ4n) is 2.29. The Kier molecular flexibility index (Phi) is 4.77. The molecule has 1 aliphatic rings. The normalized spacial score (nSPS) is 15.7. The third-order valence-electron chi connectivity index (χ3n) is 3.47. The summed E-state index contributed by atoms with van der Waals surface area (Å²) in [7, 11) is 1.68. The van der Waals surface area contributed by atoms with Gasteiger partial charge in [0, 0.05) is 20.1 Å². The molecule has 5 heteroatoms. The predicted octanol–water partition coefficient (Wildman–Crippen LogP) is 2.65. The molecule has 0 N–H and O–H groups in total. The maximum atomic E-state index is 13.7. The summed E-state index contributed by atoms with van der Waals surface area (Å²) < 4.78 is 13.7. The molecule has 104 valence electrons. The van der Waals surface area contributed by atoms with E-state index >= 15 is 0 Å². The monoisotopic (exact) mass is 284 g/mol. The Labute approximate surface area is 117 Å². The van der Waals surface area contributed by atoms with E-state index in [0.717, 1.165) is 19.6 Å². The van der Waals surface area contributed by atoms with E-state index in [-0.39, 0.29) is 16.5 Å². The van der Waals surface area contributed by atoms with E-state index in [0.29, 0.717) is 6.54 Å². The van der Waals surface area contributed by atoms with Crippen LogP contribution in [0.1, 0.15) is 23.2 Å². The smallest absolute Gasteiger partial charge is 0.258 e. The molecule has 0 aromatic heterocycles. The number of amides is 1. The minimum Gasteiger partial charge on any atom is -0.340 e. The third kappa shape index (κ3) is 3.45. The van der Waals surface area contributed by atoms with Crippen LogP contribution >= 0.6 is 11.6 Å². The van der Waals surface area contributed by atoms with Gasteiger partial charge in [0.25, 0.3) is 5.91 Å². The highest BCUT2D eigenvalue weighted by Gasteiger charge is 2.20. The first kappa shape index (κ1) is 14.3. The molecule has 1 aliphatic heterocycles. The summed E-state index contributed by atoms with van der Waals surface area (Å²) in [5.74, 6) is -0.923. The molecule has 1 aromatic rings. The standard InChI is InChI=1S/C14H18ClFN2O/c1-17(9-10-18-7-2-3-8-18)14(19)13-11(15)5-4-6-12(13)16/h4-6H,2-3,7-10H2,1H3. The summed E-state index contributed by atoms with van der Waals surface area (Å²) in [6.07, 6.45) is 2.44. The Morgan fingerprint density at radius 1 is 1.42 bits per heavy atom. The van der Waals surface area contributed by atoms with Crippen molar-refractivity contribution >= 4 is 17.5 Å². The van der Waals surface area contributed by atoms with Gasteiger partial charge in [0.1, 0.15) is 5.82 Å². The molecule has 3 nitrogen and oxygen atoms in total. The van der Waals surface area contributed by atoms with Crippen molar-refractivity contribution in [3.63, 3.8) is 0 Å². The van der Waals surface area contributed by atoms with Crippen LogP contribution in [0, 0.1) is 5.82 Å². The summed E-state index contributed by atoms with van der Waals surface area (Å²) in [6, 6.07) is 4.29. The predicted molar refractivity (Wildman–Crippen MR) is 74.0 cm³/mol. The van der Waals surface area contributed by atoms with Crippen molar-refractivity contribution in [2.75, 3.05) is 33.2 Å². The minimum atomic E-state index is -0.564. The van der Waals surface area contributed by atoms with E-state index in [1.165, 1.54) is 35.9 Å². The zero-order valence-corrected chi connectivity index (χ0v) is 11.8. The number of nitrogens with zero attached hydrogens (tertiary/aromatic N) is 2. The van der Waals surface area contributed by atoms with Crippen molar-refractivity contribution in [2.24, 2.45) is 0 Å². The number of hydrogen-bond acceptors (Lipinski definition) is 2. The van der Waals surface area contributed by atoms with Gasteiger partial charge in [-0.2, -0.15) is 0 Å². The molecule has 1 heterocycles. The first-order valence-electron chi connectivity index (χ1n) is 6.51. The summed E-state index contributed by atoms with van der Waals surface area (Å²) in [4.78, 5) is 16.0. The molecular formula is C14H18ClFN2O. The van der Waals surface area contributed by atoms with Crippen molar-refractivity contribution in [3.8, 4) is 0 Å². The van der Waals surface area contributed by atoms with Gasteiger partial charge < -0.3 is 9.80 Å². The van der Waals surface area contributed by atoms with Crippen LogP contribution in [0.5, 0.6) is 0 Å². The Balaban J connectivity index is 1.98. The maximum absolute atomic E-state index is 13.7. The molecule has 2 rings (SSSR count). The van der Waals surface area contributed by atoms with Gasteiger partial charge in [-0.15, -0.1) is 0 Å². The van der Waals surface area contributed by atoms with Gasteiger partial charge in [0.2, 0.25) is 0 Å². The second kappa shape index (κ2) is 6.35. The van der Waals surface area contributed by atoms with Crippen LogP contribution in [0.2, 0.25) is 5.02 Å². The van der Waals surface area contributed by atoms with Crippen molar-refractivity contribution < 1.29 is 9.18 Å². The average Bonchev–Trinajstić information content (AvgIpc) is 2.88. The van der Waals surface area contributed by atoms with Gasteiger partial charge in [-0.05, 0) is 38.1 Å². The molecule has 0 spiro atoms. The van der Waals surface area contributed by atoms with Crippen LogP contribution in [0.3, 0.4) is 0 Å². The molecule has 1 aromatic carbocycles. The van der Waals surface area contributed by atoms with E-state index in [1.807, 2.05) is 0 Å². The fourth-order valence-corrected chi connectivity index (χ4v) is 2.54. The second-order valence-corrected chi connectivity index (χ2v) is 5.28. The van der Waals surface area contributed by atoms with Crippen LogP contribution in [0.4, 0.5) is 4.39 Å². The lowest BCUT2D eigenvalue weighted by atomic mass is 10.2. The largest absolute Gasteiger partial charge is 0.340 e. The lowest BCUT2D eigenvalue weighted by Gasteiger charge is -2.22. The summed E-state index contributed by atoms with van der Waals surface area (Å²) >= 11 is 5.90. The zero-order valence-electron chi connectivity index (χ0n) is 11.0. The number of benzene rings is 1. The van der Waals surface area contributed by atoms with Gasteiger partial charge in [-0.1, -0.05) is 17.7 Å². The van der Waals surface area contributed by atoms with Crippen LogP contribution in [0.25, 0.3) is 0 Å². The van der Waals surface area contributed by atoms with Crippen LogP contribution in [-0.2, 0) is 0 Å². The molecular weight excluding hydrogens is 267 g/mol. The summed E-state index contributed by atoms with van der Waals surface area (Å²) in [6.45, 7) is 3.59. The fraction of sp³-hybridized carbons (Fsp3) is 0.500. The van der Waals surface area contributed by atoms with Gasteiger partial charge in [-0.3, -0.25) is 4.79 Å². The molecule has 0 unspecified atom stereocenters. The summed E-state index contributed by atoms with van der Waals surface area (Å²) in [5.41, 5.74) is -0.0342. The van der Waals surface area contributed by atoms with E-state index in [1.54, 1.807) is 7.05 Å². The number of carbonyl (C=O) groups excluding carboxylic acids is 1. The van der Waals surface area contributed by atoms with Gasteiger partial charge in [-0.25, -0.2) is 4.39 Å². The zero-order chi connectivity index (χ0) is 13.8. The Hall–Kier alpha value is -1.13. The van der Waals surface area contributed by atoms with E-state index in [9.17, 15) is 9.18 Å². The molecule has 0 radical (unpaired) electrons. The lowest BCUT2D eigenvalue weighted by Crippen LogP contribution is -2.35. The number of likely N-dealkylation sites (N-methyl/N-ethyl adjacent to an activating group) is 1. The highest BCUT2D eigenvalue weighted by atomic mass is 35.5. The second-order valence-electron chi connectivity index (χ2n) is 4.87.